The molecule has 0 aromatic heterocycles. The normalized spacial score (nSPS) is 19.3. The highest BCUT2D eigenvalue weighted by Gasteiger charge is 2.30. The summed E-state index contributed by atoms with van der Waals surface area (Å²) in [5.74, 6) is 0.673. The molecule has 0 amide bonds. The standard InChI is InChI=1S/C16H25NO/c1-3-17-12-11-16(2,18)15-10-5-4-9-14(15)13-7-6-8-13/h4-5,9-10,13,17-18H,3,6-8,11-12H2,1-2H3. The molecular formula is C16H25NO. The lowest BCUT2D eigenvalue weighted by atomic mass is 9.75. The zero-order valence-corrected chi connectivity index (χ0v) is 11.6. The van der Waals surface area contributed by atoms with E-state index in [2.05, 4.69) is 30.4 Å². The highest BCUT2D eigenvalue weighted by molar-refractivity contribution is 5.35. The first-order valence-electron chi connectivity index (χ1n) is 7.17. The Kier molecular flexibility index (Phi) is 4.41. The molecule has 0 aliphatic heterocycles. The van der Waals surface area contributed by atoms with E-state index in [1.165, 1.54) is 24.8 Å². The van der Waals surface area contributed by atoms with Crippen LogP contribution < -0.4 is 5.32 Å². The van der Waals surface area contributed by atoms with Crippen LogP contribution in [-0.2, 0) is 5.60 Å². The molecule has 0 heterocycles. The number of hydrogen-bond acceptors (Lipinski definition) is 2. The quantitative estimate of drug-likeness (QED) is 0.757. The van der Waals surface area contributed by atoms with Crippen LogP contribution >= 0.6 is 0 Å². The maximum absolute atomic E-state index is 10.7. The lowest BCUT2D eigenvalue weighted by Gasteiger charge is -2.33. The monoisotopic (exact) mass is 247 g/mol. The van der Waals surface area contributed by atoms with Crippen LogP contribution in [0.1, 0.15) is 56.6 Å². The lowest BCUT2D eigenvalue weighted by Crippen LogP contribution is -2.29. The minimum absolute atomic E-state index is 0.673. The Morgan fingerprint density at radius 1 is 1.33 bits per heavy atom. The van der Waals surface area contributed by atoms with Crippen LogP contribution in [0, 0.1) is 0 Å². The molecule has 1 aromatic carbocycles. The predicted molar refractivity (Wildman–Crippen MR) is 75.8 cm³/mol. The van der Waals surface area contributed by atoms with E-state index in [9.17, 15) is 5.11 Å². The highest BCUT2D eigenvalue weighted by atomic mass is 16.3. The van der Waals surface area contributed by atoms with Gasteiger partial charge in [0, 0.05) is 0 Å². The molecule has 1 saturated carbocycles. The number of aliphatic hydroxyl groups is 1. The molecule has 100 valence electrons. The Bertz CT molecular complexity index is 382. The summed E-state index contributed by atoms with van der Waals surface area (Å²) in [6, 6.07) is 8.43. The van der Waals surface area contributed by atoms with Crippen LogP contribution in [0.15, 0.2) is 24.3 Å². The van der Waals surface area contributed by atoms with Crippen molar-refractivity contribution >= 4 is 0 Å². The van der Waals surface area contributed by atoms with Crippen molar-refractivity contribution in [2.24, 2.45) is 0 Å². The lowest BCUT2D eigenvalue weighted by molar-refractivity contribution is 0.0464. The van der Waals surface area contributed by atoms with E-state index in [0.29, 0.717) is 5.92 Å². The topological polar surface area (TPSA) is 32.3 Å². The van der Waals surface area contributed by atoms with Gasteiger partial charge in [-0.15, -0.1) is 0 Å². The van der Waals surface area contributed by atoms with Crippen molar-refractivity contribution in [2.45, 2.75) is 51.0 Å². The molecule has 2 rings (SSSR count). The van der Waals surface area contributed by atoms with Crippen LogP contribution in [0.3, 0.4) is 0 Å². The van der Waals surface area contributed by atoms with Crippen molar-refractivity contribution in [1.29, 1.82) is 0 Å². The van der Waals surface area contributed by atoms with Crippen LogP contribution in [0.5, 0.6) is 0 Å². The molecule has 0 bridgehead atoms. The average molecular weight is 247 g/mol. The number of rotatable bonds is 6. The molecule has 2 nitrogen and oxygen atoms in total. The zero-order valence-electron chi connectivity index (χ0n) is 11.6. The SMILES string of the molecule is CCNCCC(C)(O)c1ccccc1C1CCC1. The Morgan fingerprint density at radius 2 is 2.06 bits per heavy atom. The fourth-order valence-corrected chi connectivity index (χ4v) is 2.71. The van der Waals surface area contributed by atoms with Gasteiger partial charge in [-0.25, -0.2) is 0 Å². The summed E-state index contributed by atoms with van der Waals surface area (Å²) in [7, 11) is 0. The third-order valence-corrected chi connectivity index (χ3v) is 4.12. The summed E-state index contributed by atoms with van der Waals surface area (Å²) >= 11 is 0. The van der Waals surface area contributed by atoms with Crippen LogP contribution in [0.2, 0.25) is 0 Å². The van der Waals surface area contributed by atoms with Gasteiger partial charge in [0.2, 0.25) is 0 Å². The molecule has 0 spiro atoms. The van der Waals surface area contributed by atoms with Gasteiger partial charge in [0.05, 0.1) is 5.60 Å². The Balaban J connectivity index is 2.14. The van der Waals surface area contributed by atoms with E-state index >= 15 is 0 Å². The minimum atomic E-state index is -0.714. The van der Waals surface area contributed by atoms with E-state index in [1.54, 1.807) is 0 Å². The van der Waals surface area contributed by atoms with E-state index in [1.807, 2.05) is 13.0 Å². The van der Waals surface area contributed by atoms with Gasteiger partial charge < -0.3 is 10.4 Å². The Morgan fingerprint density at radius 3 is 2.67 bits per heavy atom. The predicted octanol–water partition coefficient (Wildman–Crippen LogP) is 3.16. The number of benzene rings is 1. The first-order chi connectivity index (χ1) is 8.65. The number of hydrogen-bond donors (Lipinski definition) is 2. The summed E-state index contributed by atoms with van der Waals surface area (Å²) in [6.07, 6.45) is 4.66. The number of nitrogens with one attached hydrogen (secondary N) is 1. The van der Waals surface area contributed by atoms with Crippen molar-refractivity contribution in [1.82, 2.24) is 5.32 Å². The molecule has 2 N–H and O–H groups in total. The summed E-state index contributed by atoms with van der Waals surface area (Å²) in [4.78, 5) is 0. The largest absolute Gasteiger partial charge is 0.385 e. The molecule has 18 heavy (non-hydrogen) atoms. The molecule has 0 saturated heterocycles. The van der Waals surface area contributed by atoms with Crippen molar-refractivity contribution in [2.75, 3.05) is 13.1 Å². The maximum atomic E-state index is 10.7. The summed E-state index contributed by atoms with van der Waals surface area (Å²) < 4.78 is 0. The molecule has 2 heteroatoms. The summed E-state index contributed by atoms with van der Waals surface area (Å²) in [6.45, 7) is 5.86. The average Bonchev–Trinajstić information content (AvgIpc) is 2.27. The molecule has 1 unspecified atom stereocenters. The third kappa shape index (κ3) is 2.93. The van der Waals surface area contributed by atoms with Gasteiger partial charge in [-0.2, -0.15) is 0 Å². The maximum Gasteiger partial charge on any atom is 0.0883 e. The molecule has 0 radical (unpaired) electrons. The Hall–Kier alpha value is -0.860. The third-order valence-electron chi connectivity index (χ3n) is 4.12. The molecule has 1 atom stereocenters. The van der Waals surface area contributed by atoms with Gasteiger partial charge in [0.15, 0.2) is 0 Å². The van der Waals surface area contributed by atoms with Gasteiger partial charge in [0.1, 0.15) is 0 Å². The van der Waals surface area contributed by atoms with Gasteiger partial charge in [0.25, 0.3) is 0 Å². The second-order valence-electron chi connectivity index (χ2n) is 5.59. The molecular weight excluding hydrogens is 222 g/mol. The van der Waals surface area contributed by atoms with Gasteiger partial charge in [-0.1, -0.05) is 37.6 Å². The van der Waals surface area contributed by atoms with E-state index in [-0.39, 0.29) is 0 Å². The molecule has 1 aliphatic carbocycles. The fraction of sp³-hybridized carbons (Fsp3) is 0.625. The van der Waals surface area contributed by atoms with Crippen molar-refractivity contribution in [3.63, 3.8) is 0 Å². The first-order valence-corrected chi connectivity index (χ1v) is 7.17. The van der Waals surface area contributed by atoms with Crippen LogP contribution in [0.25, 0.3) is 0 Å². The fourth-order valence-electron chi connectivity index (χ4n) is 2.71. The molecule has 1 aromatic rings. The van der Waals surface area contributed by atoms with Crippen LogP contribution in [0.4, 0.5) is 0 Å². The minimum Gasteiger partial charge on any atom is -0.385 e. The van der Waals surface area contributed by atoms with E-state index in [0.717, 1.165) is 25.1 Å². The summed E-state index contributed by atoms with van der Waals surface area (Å²) in [5.41, 5.74) is 1.78. The smallest absolute Gasteiger partial charge is 0.0883 e. The summed E-state index contributed by atoms with van der Waals surface area (Å²) in [5, 5.41) is 14.0. The highest BCUT2D eigenvalue weighted by Crippen LogP contribution is 2.41. The van der Waals surface area contributed by atoms with Crippen LogP contribution in [-0.4, -0.2) is 18.2 Å². The Labute approximate surface area is 110 Å². The van der Waals surface area contributed by atoms with Gasteiger partial charge >= 0.3 is 0 Å². The first kappa shape index (κ1) is 13.6. The van der Waals surface area contributed by atoms with Gasteiger partial charge in [-0.3, -0.25) is 0 Å². The van der Waals surface area contributed by atoms with E-state index in [4.69, 9.17) is 0 Å². The second kappa shape index (κ2) is 5.85. The molecule has 1 fully saturated rings. The second-order valence-corrected chi connectivity index (χ2v) is 5.59. The van der Waals surface area contributed by atoms with Crippen molar-refractivity contribution < 1.29 is 5.11 Å². The molecule has 1 aliphatic rings. The van der Waals surface area contributed by atoms with Crippen molar-refractivity contribution in [3.8, 4) is 0 Å². The van der Waals surface area contributed by atoms with Gasteiger partial charge in [-0.05, 0) is 56.3 Å². The van der Waals surface area contributed by atoms with Crippen molar-refractivity contribution in [3.05, 3.63) is 35.4 Å². The zero-order chi connectivity index (χ0) is 13.0. The van der Waals surface area contributed by atoms with E-state index < -0.39 is 5.60 Å².